The van der Waals surface area contributed by atoms with E-state index in [0.717, 1.165) is 35.3 Å². The number of Topliss-reactive ketones (excluding diaryl/α,β-unsaturated/α-hetero) is 1. The molecule has 1 N–H and O–H groups in total. The molecule has 5 rings (SSSR count). The van der Waals surface area contributed by atoms with E-state index in [0.29, 0.717) is 39.0 Å². The SMILES string of the molecule is CCOC(=O)c1c(C)[nH]c(C(=O)CSc2nc3sc4c(c3c(=O)n2-c2ccccc2)CC[C@H](C)C4)c1C. The number of carbonyl (C=O) groups is 2. The van der Waals surface area contributed by atoms with Crippen molar-refractivity contribution in [3.63, 3.8) is 0 Å². The van der Waals surface area contributed by atoms with E-state index in [2.05, 4.69) is 11.9 Å². The number of carbonyl (C=O) groups excluding carboxylic acids is 2. The van der Waals surface area contributed by atoms with Gasteiger partial charge in [0.15, 0.2) is 10.9 Å². The number of para-hydroxylation sites is 1. The number of rotatable bonds is 7. The van der Waals surface area contributed by atoms with Crippen molar-refractivity contribution in [2.45, 2.75) is 52.1 Å². The number of hydrogen-bond donors (Lipinski definition) is 1. The average Bonchev–Trinajstić information content (AvgIpc) is 3.38. The number of benzene rings is 1. The number of esters is 1. The fourth-order valence-corrected chi connectivity index (χ4v) is 7.32. The minimum atomic E-state index is -0.443. The van der Waals surface area contributed by atoms with Gasteiger partial charge in [0, 0.05) is 10.6 Å². The van der Waals surface area contributed by atoms with E-state index in [-0.39, 0.29) is 23.7 Å². The molecule has 0 bridgehead atoms. The van der Waals surface area contributed by atoms with Crippen LogP contribution in [0.3, 0.4) is 0 Å². The highest BCUT2D eigenvalue weighted by Gasteiger charge is 2.27. The van der Waals surface area contributed by atoms with Gasteiger partial charge >= 0.3 is 5.97 Å². The van der Waals surface area contributed by atoms with Gasteiger partial charge in [-0.05, 0) is 69.2 Å². The molecule has 0 amide bonds. The predicted octanol–water partition coefficient (Wildman–Crippen LogP) is 5.67. The highest BCUT2D eigenvalue weighted by Crippen LogP contribution is 2.37. The summed E-state index contributed by atoms with van der Waals surface area (Å²) < 4.78 is 6.78. The van der Waals surface area contributed by atoms with E-state index in [1.54, 1.807) is 36.7 Å². The summed E-state index contributed by atoms with van der Waals surface area (Å²) in [6.07, 6.45) is 2.93. The van der Waals surface area contributed by atoms with Crippen LogP contribution in [-0.4, -0.2) is 38.6 Å². The van der Waals surface area contributed by atoms with Crippen LogP contribution in [-0.2, 0) is 17.6 Å². The van der Waals surface area contributed by atoms with Crippen molar-refractivity contribution in [3.8, 4) is 5.69 Å². The van der Waals surface area contributed by atoms with Gasteiger partial charge < -0.3 is 9.72 Å². The molecule has 7 nitrogen and oxygen atoms in total. The first-order valence-corrected chi connectivity index (χ1v) is 14.2. The number of hydrogen-bond acceptors (Lipinski definition) is 7. The summed E-state index contributed by atoms with van der Waals surface area (Å²) in [5, 5.41) is 1.19. The Labute approximate surface area is 223 Å². The van der Waals surface area contributed by atoms with Crippen LogP contribution in [0.25, 0.3) is 15.9 Å². The number of aromatic nitrogens is 3. The highest BCUT2D eigenvalue weighted by molar-refractivity contribution is 7.99. The monoisotopic (exact) mass is 535 g/mol. The molecule has 0 saturated carbocycles. The fourth-order valence-electron chi connectivity index (χ4n) is 5.01. The molecule has 1 aliphatic rings. The molecule has 37 heavy (non-hydrogen) atoms. The average molecular weight is 536 g/mol. The Morgan fingerprint density at radius 1 is 1.24 bits per heavy atom. The van der Waals surface area contributed by atoms with Gasteiger partial charge in [-0.2, -0.15) is 0 Å². The van der Waals surface area contributed by atoms with E-state index >= 15 is 0 Å². The summed E-state index contributed by atoms with van der Waals surface area (Å²) in [6.45, 7) is 7.75. The standard InChI is InChI=1S/C28H29N3O4S2/c1-5-35-27(34)22-16(3)24(29-17(22)4)20(32)14-36-28-30-25-23(19-12-11-15(2)13-21(19)37-25)26(33)31(28)18-9-7-6-8-10-18/h6-10,15,29H,5,11-14H2,1-4H3/t15-/m0/s1. The lowest BCUT2D eigenvalue weighted by Gasteiger charge is -2.17. The van der Waals surface area contributed by atoms with E-state index in [4.69, 9.17) is 9.72 Å². The molecule has 0 aliphatic heterocycles. The lowest BCUT2D eigenvalue weighted by atomic mass is 9.89. The van der Waals surface area contributed by atoms with Crippen molar-refractivity contribution in [2.24, 2.45) is 5.92 Å². The van der Waals surface area contributed by atoms with Gasteiger partial charge in [-0.3, -0.25) is 14.2 Å². The second kappa shape index (κ2) is 10.3. The lowest BCUT2D eigenvalue weighted by molar-refractivity contribution is 0.0525. The summed E-state index contributed by atoms with van der Waals surface area (Å²) in [5.41, 5.74) is 3.72. The van der Waals surface area contributed by atoms with E-state index in [1.165, 1.54) is 16.6 Å². The Kier molecular flexibility index (Phi) is 7.09. The van der Waals surface area contributed by atoms with Crippen molar-refractivity contribution in [1.29, 1.82) is 0 Å². The molecule has 192 valence electrons. The predicted molar refractivity (Wildman–Crippen MR) is 148 cm³/mol. The molecule has 0 saturated heterocycles. The second-order valence-corrected chi connectivity index (χ2v) is 11.5. The smallest absolute Gasteiger partial charge is 0.340 e. The Morgan fingerprint density at radius 3 is 2.73 bits per heavy atom. The zero-order chi connectivity index (χ0) is 26.3. The number of aryl methyl sites for hydroxylation is 2. The lowest BCUT2D eigenvalue weighted by Crippen LogP contribution is -2.23. The van der Waals surface area contributed by atoms with Crippen LogP contribution in [0, 0.1) is 19.8 Å². The van der Waals surface area contributed by atoms with Crippen LogP contribution >= 0.6 is 23.1 Å². The van der Waals surface area contributed by atoms with Gasteiger partial charge in [0.1, 0.15) is 4.83 Å². The number of aromatic amines is 1. The number of fused-ring (bicyclic) bond motifs is 3. The van der Waals surface area contributed by atoms with Crippen LogP contribution in [0.4, 0.5) is 0 Å². The summed E-state index contributed by atoms with van der Waals surface area (Å²) in [4.78, 5) is 49.5. The summed E-state index contributed by atoms with van der Waals surface area (Å²) in [7, 11) is 0. The molecular formula is C28H29N3O4S2. The van der Waals surface area contributed by atoms with E-state index < -0.39 is 5.97 Å². The van der Waals surface area contributed by atoms with Crippen molar-refractivity contribution < 1.29 is 14.3 Å². The summed E-state index contributed by atoms with van der Waals surface area (Å²) in [5.74, 6) is 0.0434. The third-order valence-corrected chi connectivity index (χ3v) is 8.93. The largest absolute Gasteiger partial charge is 0.462 e. The van der Waals surface area contributed by atoms with Gasteiger partial charge in [0.05, 0.1) is 34.7 Å². The van der Waals surface area contributed by atoms with Crippen LogP contribution in [0.15, 0.2) is 40.3 Å². The van der Waals surface area contributed by atoms with Gasteiger partial charge in [-0.25, -0.2) is 9.78 Å². The fraction of sp³-hybridized carbons (Fsp3) is 0.357. The maximum atomic E-state index is 13.9. The van der Waals surface area contributed by atoms with Crippen LogP contribution in [0.1, 0.15) is 62.8 Å². The van der Waals surface area contributed by atoms with Gasteiger partial charge in [-0.1, -0.05) is 36.9 Å². The number of nitrogens with one attached hydrogen (secondary N) is 1. The number of ketones is 1. The maximum absolute atomic E-state index is 13.9. The van der Waals surface area contributed by atoms with Gasteiger partial charge in [0.2, 0.25) is 0 Å². The third-order valence-electron chi connectivity index (χ3n) is 6.84. The number of thioether (sulfide) groups is 1. The first-order chi connectivity index (χ1) is 17.8. The molecule has 3 aromatic heterocycles. The number of H-pyrrole nitrogens is 1. The topological polar surface area (TPSA) is 94.1 Å². The second-order valence-electron chi connectivity index (χ2n) is 9.46. The first kappa shape index (κ1) is 25.5. The molecular weight excluding hydrogens is 506 g/mol. The summed E-state index contributed by atoms with van der Waals surface area (Å²) >= 11 is 2.84. The summed E-state index contributed by atoms with van der Waals surface area (Å²) in [6, 6.07) is 9.44. The quantitative estimate of drug-likeness (QED) is 0.142. The van der Waals surface area contributed by atoms with Crippen molar-refractivity contribution in [3.05, 3.63) is 73.6 Å². The van der Waals surface area contributed by atoms with Crippen LogP contribution in [0.2, 0.25) is 0 Å². The number of nitrogens with zero attached hydrogens (tertiary/aromatic N) is 2. The van der Waals surface area contributed by atoms with E-state index in [1.807, 2.05) is 30.3 Å². The molecule has 1 aromatic carbocycles. The van der Waals surface area contributed by atoms with E-state index in [9.17, 15) is 14.4 Å². The van der Waals surface area contributed by atoms with Crippen molar-refractivity contribution >= 4 is 45.1 Å². The zero-order valence-corrected chi connectivity index (χ0v) is 23.0. The molecule has 1 aliphatic carbocycles. The Morgan fingerprint density at radius 2 is 2.00 bits per heavy atom. The highest BCUT2D eigenvalue weighted by atomic mass is 32.2. The normalized spacial score (nSPS) is 15.1. The minimum Gasteiger partial charge on any atom is -0.462 e. The van der Waals surface area contributed by atoms with Crippen molar-refractivity contribution in [2.75, 3.05) is 12.4 Å². The van der Waals surface area contributed by atoms with Crippen LogP contribution in [0.5, 0.6) is 0 Å². The molecule has 0 unspecified atom stereocenters. The van der Waals surface area contributed by atoms with Crippen molar-refractivity contribution in [1.82, 2.24) is 14.5 Å². The molecule has 3 heterocycles. The molecule has 0 fully saturated rings. The molecule has 9 heteroatoms. The first-order valence-electron chi connectivity index (χ1n) is 12.4. The maximum Gasteiger partial charge on any atom is 0.340 e. The Hall–Kier alpha value is -3.17. The Balaban J connectivity index is 1.53. The molecule has 1 atom stereocenters. The molecule has 0 radical (unpaired) electrons. The zero-order valence-electron chi connectivity index (χ0n) is 21.3. The Bertz CT molecular complexity index is 1570. The number of ether oxygens (including phenoxy) is 1. The van der Waals surface area contributed by atoms with Crippen LogP contribution < -0.4 is 5.56 Å². The number of thiophene rings is 1. The van der Waals surface area contributed by atoms with Gasteiger partial charge in [-0.15, -0.1) is 11.3 Å². The van der Waals surface area contributed by atoms with Gasteiger partial charge in [0.25, 0.3) is 5.56 Å². The third kappa shape index (κ3) is 4.66. The molecule has 0 spiro atoms. The minimum absolute atomic E-state index is 0.0654. The molecule has 4 aromatic rings.